The van der Waals surface area contributed by atoms with Gasteiger partial charge in [-0.15, -0.1) is 0 Å². The van der Waals surface area contributed by atoms with Crippen LogP contribution in [0.4, 0.5) is 5.69 Å². The zero-order valence-electron chi connectivity index (χ0n) is 10.1. The Kier molecular flexibility index (Phi) is 3.66. The smallest absolute Gasteiger partial charge is 0.263 e. The van der Waals surface area contributed by atoms with Crippen molar-refractivity contribution < 1.29 is 4.92 Å². The lowest BCUT2D eigenvalue weighted by molar-refractivity contribution is -0.384. The first-order valence-corrected chi connectivity index (χ1v) is 5.87. The molecule has 0 radical (unpaired) electrons. The summed E-state index contributed by atoms with van der Waals surface area (Å²) in [5.41, 5.74) is 0.847. The lowest BCUT2D eigenvalue weighted by atomic mass is 10.2. The molecule has 6 nitrogen and oxygen atoms in total. The summed E-state index contributed by atoms with van der Waals surface area (Å²) in [5, 5.41) is 17.5. The van der Waals surface area contributed by atoms with Crippen molar-refractivity contribution in [1.82, 2.24) is 15.2 Å². The van der Waals surface area contributed by atoms with E-state index >= 15 is 0 Å². The molecule has 0 fully saturated rings. The lowest BCUT2D eigenvalue weighted by Crippen LogP contribution is -1.88. The Labute approximate surface area is 104 Å². The zero-order valence-corrected chi connectivity index (χ0v) is 10.1. The standard InChI is InChI=1S/C12H14N4O2/c1-2-3-4-11-13-12(15-14-11)9-5-7-10(8-6-9)16(17)18/h5-8H,2-4H2,1H3,(H,13,14,15). The molecular formula is C12H14N4O2. The quantitative estimate of drug-likeness (QED) is 0.649. The Bertz CT molecular complexity index is 533. The van der Waals surface area contributed by atoms with Gasteiger partial charge in [-0.2, -0.15) is 5.10 Å². The number of H-pyrrole nitrogens is 1. The van der Waals surface area contributed by atoms with Gasteiger partial charge in [0.2, 0.25) is 0 Å². The number of rotatable bonds is 5. The number of aryl methyl sites for hydroxylation is 1. The van der Waals surface area contributed by atoms with Gasteiger partial charge in [0.1, 0.15) is 5.82 Å². The van der Waals surface area contributed by atoms with Crippen LogP contribution >= 0.6 is 0 Å². The van der Waals surface area contributed by atoms with E-state index in [2.05, 4.69) is 22.1 Å². The summed E-state index contributed by atoms with van der Waals surface area (Å²) >= 11 is 0. The molecule has 0 saturated carbocycles. The molecule has 6 heteroatoms. The molecular weight excluding hydrogens is 232 g/mol. The molecule has 2 aromatic rings. The minimum absolute atomic E-state index is 0.0699. The number of nitro groups is 1. The van der Waals surface area contributed by atoms with Crippen molar-refractivity contribution in [2.75, 3.05) is 0 Å². The second-order valence-corrected chi connectivity index (χ2v) is 4.01. The number of nitrogens with zero attached hydrogens (tertiary/aromatic N) is 3. The Morgan fingerprint density at radius 1 is 1.33 bits per heavy atom. The Hall–Kier alpha value is -2.24. The number of aromatic nitrogens is 3. The number of non-ortho nitro benzene ring substituents is 1. The molecule has 0 spiro atoms. The molecule has 1 aromatic carbocycles. The summed E-state index contributed by atoms with van der Waals surface area (Å²) in [6.45, 7) is 2.12. The monoisotopic (exact) mass is 246 g/mol. The molecule has 1 N–H and O–H groups in total. The van der Waals surface area contributed by atoms with Crippen LogP contribution < -0.4 is 0 Å². The van der Waals surface area contributed by atoms with Crippen LogP contribution in [0.5, 0.6) is 0 Å². The highest BCUT2D eigenvalue weighted by Crippen LogP contribution is 2.19. The second-order valence-electron chi connectivity index (χ2n) is 4.01. The predicted octanol–water partition coefficient (Wildman–Crippen LogP) is 2.72. The molecule has 0 aliphatic rings. The molecule has 2 rings (SSSR count). The fourth-order valence-electron chi connectivity index (χ4n) is 1.61. The van der Waals surface area contributed by atoms with Crippen LogP contribution in [0.25, 0.3) is 11.4 Å². The fraction of sp³-hybridized carbons (Fsp3) is 0.333. The minimum Gasteiger partial charge on any atom is -0.263 e. The first-order valence-electron chi connectivity index (χ1n) is 5.87. The number of nitrogens with one attached hydrogen (secondary N) is 1. The molecule has 0 amide bonds. The van der Waals surface area contributed by atoms with Gasteiger partial charge in [0.25, 0.3) is 5.69 Å². The van der Waals surface area contributed by atoms with Gasteiger partial charge < -0.3 is 0 Å². The van der Waals surface area contributed by atoms with Crippen molar-refractivity contribution in [3.8, 4) is 11.4 Å². The molecule has 1 heterocycles. The average molecular weight is 246 g/mol. The normalized spacial score (nSPS) is 10.5. The van der Waals surface area contributed by atoms with Crippen molar-refractivity contribution in [3.63, 3.8) is 0 Å². The largest absolute Gasteiger partial charge is 0.269 e. The van der Waals surface area contributed by atoms with E-state index in [1.165, 1.54) is 12.1 Å². The van der Waals surface area contributed by atoms with Gasteiger partial charge in [0, 0.05) is 24.1 Å². The number of nitro benzene ring substituents is 1. The number of hydrogen-bond donors (Lipinski definition) is 1. The van der Waals surface area contributed by atoms with Crippen molar-refractivity contribution in [3.05, 3.63) is 40.2 Å². The van der Waals surface area contributed by atoms with Crippen LogP contribution in [0.2, 0.25) is 0 Å². The van der Waals surface area contributed by atoms with E-state index in [0.29, 0.717) is 5.82 Å². The third-order valence-corrected chi connectivity index (χ3v) is 2.64. The van der Waals surface area contributed by atoms with Gasteiger partial charge in [0.15, 0.2) is 5.82 Å². The highest BCUT2D eigenvalue weighted by Gasteiger charge is 2.08. The van der Waals surface area contributed by atoms with Gasteiger partial charge in [-0.05, 0) is 18.6 Å². The predicted molar refractivity (Wildman–Crippen MR) is 67.1 cm³/mol. The van der Waals surface area contributed by atoms with E-state index in [1.807, 2.05) is 0 Å². The summed E-state index contributed by atoms with van der Waals surface area (Å²) in [7, 11) is 0. The molecule has 0 saturated heterocycles. The van der Waals surface area contributed by atoms with Crippen LogP contribution in [0.3, 0.4) is 0 Å². The lowest BCUT2D eigenvalue weighted by Gasteiger charge is -1.94. The van der Waals surface area contributed by atoms with E-state index in [9.17, 15) is 10.1 Å². The van der Waals surface area contributed by atoms with E-state index in [1.54, 1.807) is 12.1 Å². The van der Waals surface area contributed by atoms with Crippen LogP contribution in [-0.2, 0) is 6.42 Å². The SMILES string of the molecule is CCCCc1nc(-c2ccc([N+](=O)[O-])cc2)n[nH]1. The first-order chi connectivity index (χ1) is 8.70. The van der Waals surface area contributed by atoms with E-state index in [4.69, 9.17) is 0 Å². The maximum Gasteiger partial charge on any atom is 0.269 e. The van der Waals surface area contributed by atoms with Crippen LogP contribution in [0.1, 0.15) is 25.6 Å². The maximum atomic E-state index is 10.5. The van der Waals surface area contributed by atoms with Gasteiger partial charge in [-0.3, -0.25) is 15.2 Å². The second kappa shape index (κ2) is 5.39. The molecule has 94 valence electrons. The van der Waals surface area contributed by atoms with E-state index in [-0.39, 0.29) is 5.69 Å². The van der Waals surface area contributed by atoms with E-state index in [0.717, 1.165) is 30.7 Å². The zero-order chi connectivity index (χ0) is 13.0. The third kappa shape index (κ3) is 2.71. The average Bonchev–Trinajstić information content (AvgIpc) is 2.85. The molecule has 0 unspecified atom stereocenters. The molecule has 18 heavy (non-hydrogen) atoms. The number of unbranched alkanes of at least 4 members (excludes halogenated alkanes) is 1. The van der Waals surface area contributed by atoms with Crippen LogP contribution in [-0.4, -0.2) is 20.1 Å². The highest BCUT2D eigenvalue weighted by molar-refractivity contribution is 5.56. The van der Waals surface area contributed by atoms with Crippen molar-refractivity contribution >= 4 is 5.69 Å². The first kappa shape index (κ1) is 12.2. The summed E-state index contributed by atoms with van der Waals surface area (Å²) in [6.07, 6.45) is 3.04. The van der Waals surface area contributed by atoms with Gasteiger partial charge >= 0.3 is 0 Å². The molecule has 1 aromatic heterocycles. The minimum atomic E-state index is -0.422. The highest BCUT2D eigenvalue weighted by atomic mass is 16.6. The van der Waals surface area contributed by atoms with Gasteiger partial charge in [-0.25, -0.2) is 4.98 Å². The van der Waals surface area contributed by atoms with Crippen molar-refractivity contribution in [2.24, 2.45) is 0 Å². The summed E-state index contributed by atoms with van der Waals surface area (Å²) in [4.78, 5) is 14.5. The molecule has 0 atom stereocenters. The summed E-state index contributed by atoms with van der Waals surface area (Å²) in [6, 6.07) is 6.23. The third-order valence-electron chi connectivity index (χ3n) is 2.64. The summed E-state index contributed by atoms with van der Waals surface area (Å²) < 4.78 is 0. The van der Waals surface area contributed by atoms with Crippen LogP contribution in [0.15, 0.2) is 24.3 Å². The Balaban J connectivity index is 2.15. The van der Waals surface area contributed by atoms with Crippen molar-refractivity contribution in [1.29, 1.82) is 0 Å². The molecule has 0 bridgehead atoms. The van der Waals surface area contributed by atoms with Crippen molar-refractivity contribution in [2.45, 2.75) is 26.2 Å². The number of benzene rings is 1. The molecule has 0 aliphatic carbocycles. The van der Waals surface area contributed by atoms with E-state index < -0.39 is 4.92 Å². The maximum absolute atomic E-state index is 10.5. The summed E-state index contributed by atoms with van der Waals surface area (Å²) in [5.74, 6) is 1.43. The Morgan fingerprint density at radius 3 is 2.67 bits per heavy atom. The van der Waals surface area contributed by atoms with Crippen LogP contribution in [0, 0.1) is 10.1 Å². The number of aromatic amines is 1. The Morgan fingerprint density at radius 2 is 2.06 bits per heavy atom. The van der Waals surface area contributed by atoms with Gasteiger partial charge in [0.05, 0.1) is 4.92 Å². The number of hydrogen-bond acceptors (Lipinski definition) is 4. The fourth-order valence-corrected chi connectivity index (χ4v) is 1.61. The topological polar surface area (TPSA) is 84.7 Å². The van der Waals surface area contributed by atoms with Gasteiger partial charge in [-0.1, -0.05) is 13.3 Å². The molecule has 0 aliphatic heterocycles.